The van der Waals surface area contributed by atoms with Crippen LogP contribution < -0.4 is 25.8 Å². The summed E-state index contributed by atoms with van der Waals surface area (Å²) in [5.74, 6) is 2.24. The minimum atomic E-state index is 0.337. The Balaban J connectivity index is 1.59. The van der Waals surface area contributed by atoms with Gasteiger partial charge in [-0.15, -0.1) is 0 Å². The molecule has 0 saturated heterocycles. The van der Waals surface area contributed by atoms with Gasteiger partial charge in [0.2, 0.25) is 0 Å². The third kappa shape index (κ3) is 3.79. The molecule has 1 aliphatic heterocycles. The van der Waals surface area contributed by atoms with Crippen molar-refractivity contribution in [3.63, 3.8) is 0 Å². The number of hydrogen-bond donors (Lipinski definition) is 3. The van der Waals surface area contributed by atoms with Crippen molar-refractivity contribution in [1.82, 2.24) is 9.97 Å². The molecule has 2 heterocycles. The SMILES string of the molecule is Nc1c(Nc2ccc3c(c2)OCCO3)ncnc1Nc1cc(Cl)ccc1Cl. The smallest absolute Gasteiger partial charge is 0.163 e. The van der Waals surface area contributed by atoms with Crippen molar-refractivity contribution >= 4 is 51.9 Å². The molecule has 4 rings (SSSR count). The Morgan fingerprint density at radius 2 is 1.63 bits per heavy atom. The van der Waals surface area contributed by atoms with E-state index in [1.54, 1.807) is 18.2 Å². The van der Waals surface area contributed by atoms with E-state index in [2.05, 4.69) is 20.6 Å². The average Bonchev–Trinajstić information content (AvgIpc) is 2.68. The zero-order valence-electron chi connectivity index (χ0n) is 14.0. The summed E-state index contributed by atoms with van der Waals surface area (Å²) in [5, 5.41) is 7.29. The van der Waals surface area contributed by atoms with E-state index in [9.17, 15) is 0 Å². The first kappa shape index (κ1) is 17.5. The van der Waals surface area contributed by atoms with Gasteiger partial charge in [0, 0.05) is 16.8 Å². The maximum absolute atomic E-state index is 6.22. The highest BCUT2D eigenvalue weighted by molar-refractivity contribution is 6.35. The van der Waals surface area contributed by atoms with Crippen molar-refractivity contribution < 1.29 is 9.47 Å². The van der Waals surface area contributed by atoms with Crippen LogP contribution in [0.5, 0.6) is 11.5 Å². The maximum atomic E-state index is 6.22. The van der Waals surface area contributed by atoms with E-state index in [0.717, 1.165) is 5.69 Å². The van der Waals surface area contributed by atoms with Crippen molar-refractivity contribution in [3.8, 4) is 11.5 Å². The standard InChI is InChI=1S/C18H15Cl2N5O2/c19-10-1-3-12(20)13(7-10)25-18-16(21)17(22-9-23-18)24-11-2-4-14-15(8-11)27-6-5-26-14/h1-4,7-9H,5-6,21H2,(H2,22,23,24,25). The number of anilines is 5. The first-order valence-corrected chi connectivity index (χ1v) is 8.85. The van der Waals surface area contributed by atoms with Crippen LogP contribution in [0.2, 0.25) is 10.0 Å². The second kappa shape index (κ2) is 7.38. The fraction of sp³-hybridized carbons (Fsp3) is 0.111. The van der Waals surface area contributed by atoms with Crippen LogP contribution in [0.4, 0.5) is 28.7 Å². The lowest BCUT2D eigenvalue weighted by atomic mass is 10.2. The molecule has 1 aromatic heterocycles. The van der Waals surface area contributed by atoms with Crippen LogP contribution in [-0.2, 0) is 0 Å². The highest BCUT2D eigenvalue weighted by atomic mass is 35.5. The number of ether oxygens (including phenoxy) is 2. The van der Waals surface area contributed by atoms with Gasteiger partial charge in [-0.1, -0.05) is 23.2 Å². The van der Waals surface area contributed by atoms with Crippen molar-refractivity contribution in [2.24, 2.45) is 0 Å². The highest BCUT2D eigenvalue weighted by Crippen LogP contribution is 2.36. The topological polar surface area (TPSA) is 94.3 Å². The summed E-state index contributed by atoms with van der Waals surface area (Å²) < 4.78 is 11.1. The highest BCUT2D eigenvalue weighted by Gasteiger charge is 2.14. The molecule has 0 amide bonds. The van der Waals surface area contributed by atoms with E-state index >= 15 is 0 Å². The van der Waals surface area contributed by atoms with E-state index in [4.69, 9.17) is 38.4 Å². The number of nitrogens with one attached hydrogen (secondary N) is 2. The number of nitrogen functional groups attached to an aromatic ring is 1. The Kier molecular flexibility index (Phi) is 4.79. The largest absolute Gasteiger partial charge is 0.486 e. The molecule has 7 nitrogen and oxygen atoms in total. The van der Waals surface area contributed by atoms with E-state index in [0.29, 0.717) is 57.8 Å². The summed E-state index contributed by atoms with van der Waals surface area (Å²) in [5.41, 5.74) is 7.92. The van der Waals surface area contributed by atoms with Crippen LogP contribution in [0.25, 0.3) is 0 Å². The van der Waals surface area contributed by atoms with Crippen molar-refractivity contribution in [2.45, 2.75) is 0 Å². The summed E-state index contributed by atoms with van der Waals surface area (Å²) in [6.07, 6.45) is 1.40. The Morgan fingerprint density at radius 1 is 0.889 bits per heavy atom. The molecule has 1 aliphatic rings. The first-order valence-electron chi connectivity index (χ1n) is 8.09. The second-order valence-corrected chi connectivity index (χ2v) is 6.56. The number of nitrogens with two attached hydrogens (primary N) is 1. The Hall–Kier alpha value is -2.90. The number of aromatic nitrogens is 2. The van der Waals surface area contributed by atoms with E-state index in [1.807, 2.05) is 18.2 Å². The van der Waals surface area contributed by atoms with Gasteiger partial charge in [-0.25, -0.2) is 9.97 Å². The number of benzene rings is 2. The first-order chi connectivity index (χ1) is 13.1. The summed E-state index contributed by atoms with van der Waals surface area (Å²) >= 11 is 12.2. The molecule has 4 N–H and O–H groups in total. The van der Waals surface area contributed by atoms with Gasteiger partial charge in [-0.3, -0.25) is 0 Å². The Labute approximate surface area is 165 Å². The summed E-state index contributed by atoms with van der Waals surface area (Å²) in [6, 6.07) is 10.6. The van der Waals surface area contributed by atoms with Crippen molar-refractivity contribution in [2.75, 3.05) is 29.6 Å². The fourth-order valence-electron chi connectivity index (χ4n) is 2.57. The van der Waals surface area contributed by atoms with Gasteiger partial charge in [0.25, 0.3) is 0 Å². The van der Waals surface area contributed by atoms with E-state index in [-0.39, 0.29) is 0 Å². The lowest BCUT2D eigenvalue weighted by Crippen LogP contribution is -2.15. The molecule has 0 aliphatic carbocycles. The molecule has 0 fully saturated rings. The summed E-state index contributed by atoms with van der Waals surface area (Å²) in [4.78, 5) is 8.39. The van der Waals surface area contributed by atoms with Gasteiger partial charge in [0.1, 0.15) is 25.2 Å². The summed E-state index contributed by atoms with van der Waals surface area (Å²) in [7, 11) is 0. The molecule has 0 unspecified atom stereocenters. The molecular formula is C18H15Cl2N5O2. The molecule has 27 heavy (non-hydrogen) atoms. The normalized spacial score (nSPS) is 12.5. The van der Waals surface area contributed by atoms with Crippen LogP contribution in [0.1, 0.15) is 0 Å². The average molecular weight is 404 g/mol. The molecule has 0 bridgehead atoms. The monoisotopic (exact) mass is 403 g/mol. The molecule has 0 saturated carbocycles. The van der Waals surface area contributed by atoms with Crippen molar-refractivity contribution in [1.29, 1.82) is 0 Å². The number of fused-ring (bicyclic) bond motifs is 1. The van der Waals surface area contributed by atoms with Gasteiger partial charge in [0.15, 0.2) is 23.1 Å². The maximum Gasteiger partial charge on any atom is 0.163 e. The van der Waals surface area contributed by atoms with E-state index in [1.165, 1.54) is 6.33 Å². The van der Waals surface area contributed by atoms with Crippen LogP contribution >= 0.6 is 23.2 Å². The quantitative estimate of drug-likeness (QED) is 0.584. The van der Waals surface area contributed by atoms with Gasteiger partial charge in [-0.05, 0) is 30.3 Å². The molecule has 0 radical (unpaired) electrons. The third-order valence-corrected chi connectivity index (χ3v) is 4.43. The summed E-state index contributed by atoms with van der Waals surface area (Å²) in [6.45, 7) is 1.06. The third-order valence-electron chi connectivity index (χ3n) is 3.87. The Bertz CT molecular complexity index is 999. The molecule has 138 valence electrons. The number of hydrogen-bond acceptors (Lipinski definition) is 7. The molecule has 3 aromatic rings. The minimum Gasteiger partial charge on any atom is -0.486 e. The van der Waals surface area contributed by atoms with Crippen LogP contribution in [-0.4, -0.2) is 23.2 Å². The molecule has 0 spiro atoms. The molecule has 2 aromatic carbocycles. The van der Waals surface area contributed by atoms with Gasteiger partial charge < -0.3 is 25.8 Å². The van der Waals surface area contributed by atoms with Crippen molar-refractivity contribution in [3.05, 3.63) is 52.8 Å². The predicted molar refractivity (Wildman–Crippen MR) is 107 cm³/mol. The fourth-order valence-corrected chi connectivity index (χ4v) is 2.91. The lowest BCUT2D eigenvalue weighted by molar-refractivity contribution is 0.171. The zero-order valence-corrected chi connectivity index (χ0v) is 15.5. The predicted octanol–water partition coefficient (Wildman–Crippen LogP) is 4.62. The van der Waals surface area contributed by atoms with Gasteiger partial charge in [-0.2, -0.15) is 0 Å². The van der Waals surface area contributed by atoms with Crippen LogP contribution in [0.15, 0.2) is 42.7 Å². The molecule has 0 atom stereocenters. The van der Waals surface area contributed by atoms with Crippen LogP contribution in [0.3, 0.4) is 0 Å². The number of nitrogens with zero attached hydrogens (tertiary/aromatic N) is 2. The second-order valence-electron chi connectivity index (χ2n) is 5.72. The lowest BCUT2D eigenvalue weighted by Gasteiger charge is -2.19. The van der Waals surface area contributed by atoms with Gasteiger partial charge in [0.05, 0.1) is 10.7 Å². The Morgan fingerprint density at radius 3 is 2.44 bits per heavy atom. The number of halogens is 2. The molecular weight excluding hydrogens is 389 g/mol. The van der Waals surface area contributed by atoms with Gasteiger partial charge >= 0.3 is 0 Å². The molecule has 9 heteroatoms. The van der Waals surface area contributed by atoms with Crippen LogP contribution in [0, 0.1) is 0 Å². The van der Waals surface area contributed by atoms with E-state index < -0.39 is 0 Å². The zero-order chi connectivity index (χ0) is 18.8. The number of rotatable bonds is 4. The minimum absolute atomic E-state index is 0.337.